The third kappa shape index (κ3) is 3.53. The molecule has 8 heteroatoms. The molecule has 0 saturated carbocycles. The van der Waals surface area contributed by atoms with E-state index in [0.717, 1.165) is 5.56 Å². The lowest BCUT2D eigenvalue weighted by Crippen LogP contribution is -2.17. The van der Waals surface area contributed by atoms with E-state index in [4.69, 9.17) is 5.73 Å². The molecule has 0 saturated heterocycles. The fraction of sp³-hybridized carbons (Fsp3) is 0.308. The molecule has 0 bridgehead atoms. The maximum absolute atomic E-state index is 12.3. The highest BCUT2D eigenvalue weighted by molar-refractivity contribution is 7.92. The van der Waals surface area contributed by atoms with Crippen LogP contribution in [0.3, 0.4) is 0 Å². The SMILES string of the molecule is Cc1nnc(NS(=O)(=O)c2cccc(C(C)N)c2)nc1C. The first-order valence-electron chi connectivity index (χ1n) is 6.36. The smallest absolute Gasteiger partial charge is 0.264 e. The van der Waals surface area contributed by atoms with E-state index in [1.165, 1.54) is 12.1 Å². The van der Waals surface area contributed by atoms with Crippen molar-refractivity contribution in [2.75, 3.05) is 4.72 Å². The van der Waals surface area contributed by atoms with Gasteiger partial charge in [0.2, 0.25) is 0 Å². The standard InChI is InChI=1S/C13H17N5O2S/c1-8(14)11-5-4-6-12(7-11)21(19,20)18-13-15-9(2)10(3)16-17-13/h4-8H,14H2,1-3H3,(H,15,17,18). The predicted molar refractivity (Wildman–Crippen MR) is 79.2 cm³/mol. The normalized spacial score (nSPS) is 13.0. The molecule has 3 N–H and O–H groups in total. The van der Waals surface area contributed by atoms with Gasteiger partial charge in [0.15, 0.2) is 0 Å². The molecular formula is C13H17N5O2S. The summed E-state index contributed by atoms with van der Waals surface area (Å²) in [5.74, 6) is -0.0516. The van der Waals surface area contributed by atoms with Crippen LogP contribution in [0.2, 0.25) is 0 Å². The summed E-state index contributed by atoms with van der Waals surface area (Å²) in [7, 11) is -3.77. The average molecular weight is 307 g/mol. The molecule has 0 aliphatic heterocycles. The number of sulfonamides is 1. The Labute approximate surface area is 123 Å². The van der Waals surface area contributed by atoms with Gasteiger partial charge in [-0.3, -0.25) is 0 Å². The lowest BCUT2D eigenvalue weighted by molar-refractivity contribution is 0.600. The number of benzene rings is 1. The van der Waals surface area contributed by atoms with Crippen molar-refractivity contribution in [2.45, 2.75) is 31.7 Å². The predicted octanol–water partition coefficient (Wildman–Crippen LogP) is 1.31. The molecular weight excluding hydrogens is 290 g/mol. The number of nitrogens with two attached hydrogens (primary N) is 1. The minimum absolute atomic E-state index is 0.0516. The first-order valence-corrected chi connectivity index (χ1v) is 7.84. The third-order valence-corrected chi connectivity index (χ3v) is 4.34. The molecule has 21 heavy (non-hydrogen) atoms. The van der Waals surface area contributed by atoms with Gasteiger partial charge in [-0.15, -0.1) is 5.10 Å². The molecule has 1 aromatic carbocycles. The van der Waals surface area contributed by atoms with Crippen molar-refractivity contribution < 1.29 is 8.42 Å². The van der Waals surface area contributed by atoms with Crippen LogP contribution in [0.15, 0.2) is 29.2 Å². The van der Waals surface area contributed by atoms with Crippen LogP contribution >= 0.6 is 0 Å². The molecule has 112 valence electrons. The van der Waals surface area contributed by atoms with E-state index in [0.29, 0.717) is 11.4 Å². The number of nitrogens with one attached hydrogen (secondary N) is 1. The number of nitrogens with zero attached hydrogens (tertiary/aromatic N) is 3. The Kier molecular flexibility index (Phi) is 4.19. The number of aryl methyl sites for hydroxylation is 2. The van der Waals surface area contributed by atoms with Gasteiger partial charge in [0, 0.05) is 6.04 Å². The highest BCUT2D eigenvalue weighted by atomic mass is 32.2. The molecule has 2 aromatic rings. The van der Waals surface area contributed by atoms with Crippen LogP contribution in [-0.2, 0) is 10.0 Å². The summed E-state index contributed by atoms with van der Waals surface area (Å²) < 4.78 is 26.9. The molecule has 0 aliphatic rings. The van der Waals surface area contributed by atoms with E-state index >= 15 is 0 Å². The van der Waals surface area contributed by atoms with E-state index in [2.05, 4.69) is 19.9 Å². The minimum Gasteiger partial charge on any atom is -0.324 e. The second-order valence-electron chi connectivity index (χ2n) is 4.77. The monoisotopic (exact) mass is 307 g/mol. The van der Waals surface area contributed by atoms with Crippen LogP contribution in [0, 0.1) is 13.8 Å². The highest BCUT2D eigenvalue weighted by Gasteiger charge is 2.17. The van der Waals surface area contributed by atoms with Crippen molar-refractivity contribution in [1.82, 2.24) is 15.2 Å². The first-order chi connectivity index (χ1) is 9.79. The van der Waals surface area contributed by atoms with Gasteiger partial charge in [0.25, 0.3) is 16.0 Å². The van der Waals surface area contributed by atoms with E-state index < -0.39 is 10.0 Å². The quantitative estimate of drug-likeness (QED) is 0.881. The van der Waals surface area contributed by atoms with Crippen molar-refractivity contribution in [3.8, 4) is 0 Å². The van der Waals surface area contributed by atoms with Crippen LogP contribution in [-0.4, -0.2) is 23.6 Å². The molecule has 0 radical (unpaired) electrons. The molecule has 1 aromatic heterocycles. The van der Waals surface area contributed by atoms with Gasteiger partial charge in [-0.25, -0.2) is 18.1 Å². The molecule has 0 amide bonds. The number of hydrogen-bond acceptors (Lipinski definition) is 6. The van der Waals surface area contributed by atoms with Crippen molar-refractivity contribution in [3.05, 3.63) is 41.2 Å². The van der Waals surface area contributed by atoms with Crippen molar-refractivity contribution in [1.29, 1.82) is 0 Å². The van der Waals surface area contributed by atoms with Crippen LogP contribution in [0.25, 0.3) is 0 Å². The topological polar surface area (TPSA) is 111 Å². The van der Waals surface area contributed by atoms with Gasteiger partial charge in [-0.05, 0) is 38.5 Å². The molecule has 1 unspecified atom stereocenters. The highest BCUT2D eigenvalue weighted by Crippen LogP contribution is 2.18. The molecule has 0 fully saturated rings. The molecule has 0 spiro atoms. The van der Waals surface area contributed by atoms with E-state index in [1.807, 2.05) is 0 Å². The van der Waals surface area contributed by atoms with Crippen LogP contribution in [0.4, 0.5) is 5.95 Å². The maximum Gasteiger partial charge on any atom is 0.264 e. The number of aromatic nitrogens is 3. The average Bonchev–Trinajstić information content (AvgIpc) is 2.43. The van der Waals surface area contributed by atoms with Gasteiger partial charge in [-0.2, -0.15) is 5.10 Å². The number of rotatable bonds is 4. The Morgan fingerprint density at radius 1 is 1.19 bits per heavy atom. The Balaban J connectivity index is 2.33. The number of hydrogen-bond donors (Lipinski definition) is 2. The van der Waals surface area contributed by atoms with E-state index in [1.54, 1.807) is 32.9 Å². The summed E-state index contributed by atoms with van der Waals surface area (Å²) >= 11 is 0. The minimum atomic E-state index is -3.77. The van der Waals surface area contributed by atoms with Crippen LogP contribution in [0.5, 0.6) is 0 Å². The van der Waals surface area contributed by atoms with Gasteiger partial charge in [0.05, 0.1) is 16.3 Å². The Hall–Kier alpha value is -2.06. The summed E-state index contributed by atoms with van der Waals surface area (Å²) in [5, 5.41) is 7.57. The Morgan fingerprint density at radius 2 is 1.90 bits per heavy atom. The van der Waals surface area contributed by atoms with Crippen molar-refractivity contribution >= 4 is 16.0 Å². The van der Waals surface area contributed by atoms with Gasteiger partial charge in [0.1, 0.15) is 0 Å². The Bertz CT molecular complexity index is 759. The van der Waals surface area contributed by atoms with Crippen LogP contribution in [0.1, 0.15) is 29.9 Å². The fourth-order valence-electron chi connectivity index (χ4n) is 1.64. The Morgan fingerprint density at radius 3 is 2.52 bits per heavy atom. The van der Waals surface area contributed by atoms with Crippen molar-refractivity contribution in [2.24, 2.45) is 5.73 Å². The van der Waals surface area contributed by atoms with Crippen molar-refractivity contribution in [3.63, 3.8) is 0 Å². The zero-order valence-corrected chi connectivity index (χ0v) is 12.8. The van der Waals surface area contributed by atoms with Gasteiger partial charge >= 0.3 is 0 Å². The lowest BCUT2D eigenvalue weighted by atomic mass is 10.1. The third-order valence-electron chi connectivity index (χ3n) is 3.01. The van der Waals surface area contributed by atoms with Gasteiger partial charge in [-0.1, -0.05) is 12.1 Å². The second kappa shape index (κ2) is 5.74. The van der Waals surface area contributed by atoms with E-state index in [9.17, 15) is 8.42 Å². The zero-order valence-electron chi connectivity index (χ0n) is 12.0. The fourth-order valence-corrected chi connectivity index (χ4v) is 2.64. The molecule has 1 atom stereocenters. The van der Waals surface area contributed by atoms with Crippen LogP contribution < -0.4 is 10.5 Å². The molecule has 7 nitrogen and oxygen atoms in total. The number of anilines is 1. The summed E-state index contributed by atoms with van der Waals surface area (Å²) in [6.45, 7) is 5.27. The summed E-state index contributed by atoms with van der Waals surface area (Å²) in [6.07, 6.45) is 0. The second-order valence-corrected chi connectivity index (χ2v) is 6.46. The first kappa shape index (κ1) is 15.3. The summed E-state index contributed by atoms with van der Waals surface area (Å²) in [4.78, 5) is 4.16. The molecule has 0 aliphatic carbocycles. The molecule has 1 heterocycles. The zero-order chi connectivity index (χ0) is 15.6. The molecule has 2 rings (SSSR count). The van der Waals surface area contributed by atoms with Gasteiger partial charge < -0.3 is 5.73 Å². The maximum atomic E-state index is 12.3. The summed E-state index contributed by atoms with van der Waals surface area (Å²) in [5.41, 5.74) is 7.77. The summed E-state index contributed by atoms with van der Waals surface area (Å²) in [6, 6.07) is 6.19. The van der Waals surface area contributed by atoms with E-state index in [-0.39, 0.29) is 16.9 Å². The largest absolute Gasteiger partial charge is 0.324 e. The lowest BCUT2D eigenvalue weighted by Gasteiger charge is -2.10.